The largest absolute Gasteiger partial charge is 0.487 e. The quantitative estimate of drug-likeness (QED) is 0.288. The van der Waals surface area contributed by atoms with Gasteiger partial charge >= 0.3 is 0 Å². The lowest BCUT2D eigenvalue weighted by Gasteiger charge is -2.41. The molecule has 1 aliphatic rings. The van der Waals surface area contributed by atoms with Gasteiger partial charge in [-0.15, -0.1) is 0 Å². The van der Waals surface area contributed by atoms with Crippen LogP contribution in [0.1, 0.15) is 52.0 Å². The minimum Gasteiger partial charge on any atom is -0.487 e. The Bertz CT molecular complexity index is 1200. The molecule has 6 nitrogen and oxygen atoms in total. The van der Waals surface area contributed by atoms with Gasteiger partial charge in [0, 0.05) is 29.6 Å². The van der Waals surface area contributed by atoms with Crippen molar-refractivity contribution >= 4 is 54.3 Å². The van der Waals surface area contributed by atoms with Crippen molar-refractivity contribution in [3.05, 3.63) is 47.2 Å². The van der Waals surface area contributed by atoms with Crippen LogP contribution in [0.5, 0.6) is 5.75 Å². The summed E-state index contributed by atoms with van der Waals surface area (Å²) in [7, 11) is -1.77. The number of ether oxygens (including phenoxy) is 1. The summed E-state index contributed by atoms with van der Waals surface area (Å²) in [5, 5.41) is 4.90. The van der Waals surface area contributed by atoms with Crippen LogP contribution < -0.4 is 10.1 Å². The summed E-state index contributed by atoms with van der Waals surface area (Å²) in [6.45, 7) is 11.5. The van der Waals surface area contributed by atoms with E-state index in [1.54, 1.807) is 24.2 Å². The molecule has 0 radical (unpaired) electrons. The number of nitrogens with zero attached hydrogens (tertiary/aromatic N) is 3. The lowest BCUT2D eigenvalue weighted by atomic mass is 9.95. The topological polar surface area (TPSA) is 69.2 Å². The molecule has 36 heavy (non-hydrogen) atoms. The fraction of sp³-hybridized carbons (Fsp3) is 0.519. The SMILES string of the molecule is CSCc1ccnc(Nc2ncc3ccc(Cl)c(OC4CCC(O[Si](C)(C)C(C)(C)C)CC4)c3n2)c1. The van der Waals surface area contributed by atoms with E-state index in [9.17, 15) is 0 Å². The molecule has 1 fully saturated rings. The number of pyridine rings is 1. The highest BCUT2D eigenvalue weighted by Gasteiger charge is 2.40. The molecule has 0 unspecified atom stereocenters. The van der Waals surface area contributed by atoms with E-state index in [1.165, 1.54) is 5.56 Å². The van der Waals surface area contributed by atoms with Gasteiger partial charge in [-0.25, -0.2) is 15.0 Å². The van der Waals surface area contributed by atoms with Crippen LogP contribution in [-0.4, -0.2) is 41.7 Å². The van der Waals surface area contributed by atoms with Crippen molar-refractivity contribution in [3.8, 4) is 5.75 Å². The van der Waals surface area contributed by atoms with Crippen molar-refractivity contribution in [3.63, 3.8) is 0 Å². The first-order valence-electron chi connectivity index (χ1n) is 12.6. The minimum absolute atomic E-state index is 0.0867. The van der Waals surface area contributed by atoms with E-state index >= 15 is 0 Å². The lowest BCUT2D eigenvalue weighted by molar-refractivity contribution is 0.0733. The van der Waals surface area contributed by atoms with Crippen LogP contribution in [0.3, 0.4) is 0 Å². The molecule has 0 saturated heterocycles. The van der Waals surface area contributed by atoms with E-state index in [0.717, 1.165) is 36.8 Å². The highest BCUT2D eigenvalue weighted by atomic mass is 35.5. The van der Waals surface area contributed by atoms with E-state index in [0.29, 0.717) is 34.2 Å². The van der Waals surface area contributed by atoms with Crippen molar-refractivity contribution < 1.29 is 9.16 Å². The van der Waals surface area contributed by atoms with Gasteiger partial charge in [0.25, 0.3) is 0 Å². The third kappa shape index (κ3) is 6.51. The molecule has 0 spiro atoms. The first-order chi connectivity index (χ1) is 17.1. The molecule has 194 valence electrons. The number of hydrogen-bond donors (Lipinski definition) is 1. The number of aromatic nitrogens is 3. The molecule has 0 aliphatic heterocycles. The summed E-state index contributed by atoms with van der Waals surface area (Å²) in [5.74, 6) is 2.73. The molecule has 1 saturated carbocycles. The van der Waals surface area contributed by atoms with E-state index < -0.39 is 8.32 Å². The first kappa shape index (κ1) is 27.2. The Morgan fingerprint density at radius 2 is 1.81 bits per heavy atom. The first-order valence-corrected chi connectivity index (χ1v) is 17.2. The summed E-state index contributed by atoms with van der Waals surface area (Å²) in [5.41, 5.74) is 1.90. The maximum atomic E-state index is 6.65. The highest BCUT2D eigenvalue weighted by Crippen LogP contribution is 2.40. The van der Waals surface area contributed by atoms with Crippen molar-refractivity contribution in [2.75, 3.05) is 11.6 Å². The molecule has 9 heteroatoms. The fourth-order valence-corrected chi connectivity index (χ4v) is 6.29. The smallest absolute Gasteiger partial charge is 0.229 e. The Hall–Kier alpha value is -1.87. The number of thioether (sulfide) groups is 1. The van der Waals surface area contributed by atoms with Crippen LogP contribution in [0, 0.1) is 0 Å². The van der Waals surface area contributed by atoms with E-state index in [4.69, 9.17) is 25.7 Å². The number of nitrogens with one attached hydrogen (secondary N) is 1. The predicted molar refractivity (Wildman–Crippen MR) is 154 cm³/mol. The van der Waals surface area contributed by atoms with E-state index in [2.05, 4.69) is 55.4 Å². The molecule has 2 heterocycles. The zero-order chi connectivity index (χ0) is 25.9. The molecule has 0 bridgehead atoms. The Labute approximate surface area is 225 Å². The molecular weight excluding hydrogens is 508 g/mol. The van der Waals surface area contributed by atoms with Gasteiger partial charge in [0.1, 0.15) is 11.3 Å². The number of anilines is 2. The molecule has 2 aromatic heterocycles. The van der Waals surface area contributed by atoms with E-state index in [1.807, 2.05) is 24.3 Å². The third-order valence-corrected chi connectivity index (χ3v) is 12.7. The van der Waals surface area contributed by atoms with E-state index in [-0.39, 0.29) is 11.1 Å². The summed E-state index contributed by atoms with van der Waals surface area (Å²) in [6, 6.07) is 7.81. The van der Waals surface area contributed by atoms with Gasteiger partial charge in [-0.05, 0) is 79.9 Å². The summed E-state index contributed by atoms with van der Waals surface area (Å²) in [6.07, 6.45) is 9.94. The highest BCUT2D eigenvalue weighted by molar-refractivity contribution is 7.97. The van der Waals surface area contributed by atoms with Crippen molar-refractivity contribution in [1.82, 2.24) is 15.0 Å². The number of fused-ring (bicyclic) bond motifs is 1. The van der Waals surface area contributed by atoms with Crippen LogP contribution >= 0.6 is 23.4 Å². The van der Waals surface area contributed by atoms with Crippen LogP contribution in [-0.2, 0) is 10.2 Å². The zero-order valence-corrected chi connectivity index (χ0v) is 24.7. The molecule has 0 amide bonds. The maximum Gasteiger partial charge on any atom is 0.229 e. The summed E-state index contributed by atoms with van der Waals surface area (Å²) >= 11 is 8.39. The number of benzene rings is 1. The van der Waals surface area contributed by atoms with Crippen LogP contribution in [0.4, 0.5) is 11.8 Å². The molecule has 1 aliphatic carbocycles. The normalized spacial score (nSPS) is 18.9. The number of halogens is 1. The molecule has 3 aromatic rings. The Balaban J connectivity index is 1.48. The minimum atomic E-state index is -1.77. The Morgan fingerprint density at radius 1 is 1.08 bits per heavy atom. The van der Waals surface area contributed by atoms with Gasteiger partial charge in [-0.1, -0.05) is 32.4 Å². The molecular formula is C27H37ClN4O2SSi. The molecule has 4 rings (SSSR count). The summed E-state index contributed by atoms with van der Waals surface area (Å²) in [4.78, 5) is 13.7. The maximum absolute atomic E-state index is 6.65. The monoisotopic (exact) mass is 544 g/mol. The fourth-order valence-electron chi connectivity index (χ4n) is 4.16. The van der Waals surface area contributed by atoms with Gasteiger partial charge in [0.05, 0.1) is 11.1 Å². The Kier molecular flexibility index (Phi) is 8.49. The van der Waals surface area contributed by atoms with Crippen molar-refractivity contribution in [2.45, 2.75) is 82.5 Å². The number of rotatable bonds is 8. The Morgan fingerprint density at radius 3 is 2.50 bits per heavy atom. The van der Waals surface area contributed by atoms with Gasteiger partial charge in [-0.2, -0.15) is 11.8 Å². The second-order valence-electron chi connectivity index (χ2n) is 11.0. The van der Waals surface area contributed by atoms with Gasteiger partial charge in [0.2, 0.25) is 5.95 Å². The standard InChI is InChI=1S/C27H37ClN4O2SSi/c1-27(2,3)36(5,6)34-21-10-8-20(9-11-21)33-25-22(28)12-7-19-16-30-26(32-24(19)25)31-23-15-18(17-35-4)13-14-29-23/h7,12-16,20-21H,8-11,17H2,1-6H3,(H,29,30,31,32). The second-order valence-corrected chi connectivity index (χ2v) is 17.0. The predicted octanol–water partition coefficient (Wildman–Crippen LogP) is 8.00. The van der Waals surface area contributed by atoms with Gasteiger partial charge in [0.15, 0.2) is 14.1 Å². The van der Waals surface area contributed by atoms with Crippen LogP contribution in [0.25, 0.3) is 10.9 Å². The second kappa shape index (κ2) is 11.3. The molecule has 1 N–H and O–H groups in total. The summed E-state index contributed by atoms with van der Waals surface area (Å²) < 4.78 is 13.1. The molecule has 1 aromatic carbocycles. The molecule has 0 atom stereocenters. The van der Waals surface area contributed by atoms with Gasteiger partial charge in [-0.3, -0.25) is 0 Å². The van der Waals surface area contributed by atoms with Crippen LogP contribution in [0.15, 0.2) is 36.7 Å². The van der Waals surface area contributed by atoms with Crippen LogP contribution in [0.2, 0.25) is 23.2 Å². The lowest BCUT2D eigenvalue weighted by Crippen LogP contribution is -2.45. The zero-order valence-electron chi connectivity index (χ0n) is 22.1. The van der Waals surface area contributed by atoms with Gasteiger partial charge < -0.3 is 14.5 Å². The average Bonchev–Trinajstić information content (AvgIpc) is 2.82. The van der Waals surface area contributed by atoms with Crippen molar-refractivity contribution in [1.29, 1.82) is 0 Å². The third-order valence-electron chi connectivity index (χ3n) is 7.21. The average molecular weight is 545 g/mol. The van der Waals surface area contributed by atoms with Crippen molar-refractivity contribution in [2.24, 2.45) is 0 Å². The number of hydrogen-bond acceptors (Lipinski definition) is 7.